The van der Waals surface area contributed by atoms with Crippen molar-refractivity contribution < 1.29 is 4.74 Å². The third-order valence-corrected chi connectivity index (χ3v) is 3.74. The molecule has 1 aliphatic heterocycles. The molecular formula is C17H27NO. The average Bonchev–Trinajstić information content (AvgIpc) is 2.77. The van der Waals surface area contributed by atoms with Gasteiger partial charge in [0.05, 0.1) is 6.10 Å². The van der Waals surface area contributed by atoms with Crippen LogP contribution in [0.4, 0.5) is 0 Å². The molecule has 1 atom stereocenters. The Morgan fingerprint density at radius 1 is 1.26 bits per heavy atom. The summed E-state index contributed by atoms with van der Waals surface area (Å²) in [4.78, 5) is 2.60. The van der Waals surface area contributed by atoms with E-state index in [4.69, 9.17) is 4.74 Å². The average molecular weight is 261 g/mol. The van der Waals surface area contributed by atoms with Crippen LogP contribution in [0.3, 0.4) is 0 Å². The van der Waals surface area contributed by atoms with Gasteiger partial charge in [0, 0.05) is 6.54 Å². The Hall–Kier alpha value is -1.02. The maximum Gasteiger partial charge on any atom is 0.119 e. The van der Waals surface area contributed by atoms with E-state index in [1.54, 1.807) is 0 Å². The molecule has 1 aliphatic rings. The first-order valence-corrected chi connectivity index (χ1v) is 7.61. The number of ether oxygens (including phenoxy) is 1. The number of aryl methyl sites for hydroxylation is 1. The van der Waals surface area contributed by atoms with Gasteiger partial charge in [0.2, 0.25) is 0 Å². The Kier molecular flexibility index (Phi) is 5.26. The first kappa shape index (κ1) is 14.4. The summed E-state index contributed by atoms with van der Waals surface area (Å²) in [5.74, 6) is 1.87. The monoisotopic (exact) mass is 261 g/mol. The molecule has 1 aromatic carbocycles. The highest BCUT2D eigenvalue weighted by Crippen LogP contribution is 2.17. The highest BCUT2D eigenvalue weighted by molar-refractivity contribution is 5.27. The van der Waals surface area contributed by atoms with Crippen molar-refractivity contribution in [2.75, 3.05) is 19.6 Å². The van der Waals surface area contributed by atoms with Crippen LogP contribution in [-0.2, 0) is 6.42 Å². The summed E-state index contributed by atoms with van der Waals surface area (Å²) in [7, 11) is 0. The van der Waals surface area contributed by atoms with E-state index < -0.39 is 0 Å². The van der Waals surface area contributed by atoms with Gasteiger partial charge in [0.25, 0.3) is 0 Å². The van der Waals surface area contributed by atoms with Crippen LogP contribution in [0.2, 0.25) is 0 Å². The van der Waals surface area contributed by atoms with Gasteiger partial charge in [0.1, 0.15) is 5.75 Å². The molecule has 2 heteroatoms. The predicted molar refractivity (Wildman–Crippen MR) is 80.7 cm³/mol. The highest BCUT2D eigenvalue weighted by atomic mass is 16.5. The van der Waals surface area contributed by atoms with Gasteiger partial charge in [-0.2, -0.15) is 0 Å². The Balaban J connectivity index is 1.71. The van der Waals surface area contributed by atoms with Crippen molar-refractivity contribution in [2.45, 2.75) is 46.1 Å². The molecule has 1 fully saturated rings. The quantitative estimate of drug-likeness (QED) is 0.773. The Labute approximate surface area is 117 Å². The number of likely N-dealkylation sites (tertiary alicyclic amines) is 1. The smallest absolute Gasteiger partial charge is 0.119 e. The Morgan fingerprint density at radius 3 is 2.58 bits per heavy atom. The van der Waals surface area contributed by atoms with Crippen LogP contribution in [0, 0.1) is 5.92 Å². The normalized spacial score (nSPS) is 20.1. The van der Waals surface area contributed by atoms with Crippen molar-refractivity contribution in [3.8, 4) is 5.75 Å². The highest BCUT2D eigenvalue weighted by Gasteiger charge is 2.17. The van der Waals surface area contributed by atoms with E-state index in [0.717, 1.165) is 11.7 Å². The standard InChI is InChI=1S/C17H27NO/c1-14(2)19-17-8-6-16(7-9-17)5-4-11-18-12-10-15(3)13-18/h6-9,14-15H,4-5,10-13H2,1-3H3. The molecule has 19 heavy (non-hydrogen) atoms. The van der Waals surface area contributed by atoms with Crippen molar-refractivity contribution in [2.24, 2.45) is 5.92 Å². The molecule has 2 nitrogen and oxygen atoms in total. The summed E-state index contributed by atoms with van der Waals surface area (Å²) >= 11 is 0. The fourth-order valence-electron chi connectivity index (χ4n) is 2.74. The first-order chi connectivity index (χ1) is 9.13. The van der Waals surface area contributed by atoms with Gasteiger partial charge in [-0.1, -0.05) is 19.1 Å². The third kappa shape index (κ3) is 4.87. The maximum absolute atomic E-state index is 5.66. The van der Waals surface area contributed by atoms with Gasteiger partial charge in [-0.25, -0.2) is 0 Å². The van der Waals surface area contributed by atoms with Crippen LogP contribution in [0.25, 0.3) is 0 Å². The summed E-state index contributed by atoms with van der Waals surface area (Å²) < 4.78 is 5.66. The number of nitrogens with zero attached hydrogens (tertiary/aromatic N) is 1. The van der Waals surface area contributed by atoms with Gasteiger partial charge >= 0.3 is 0 Å². The van der Waals surface area contributed by atoms with Gasteiger partial charge in [0.15, 0.2) is 0 Å². The van der Waals surface area contributed by atoms with E-state index in [2.05, 4.69) is 49.9 Å². The summed E-state index contributed by atoms with van der Waals surface area (Å²) in [5.41, 5.74) is 1.42. The lowest BCUT2D eigenvalue weighted by atomic mass is 10.1. The summed E-state index contributed by atoms with van der Waals surface area (Å²) in [6, 6.07) is 8.58. The molecular weight excluding hydrogens is 234 g/mol. The Morgan fingerprint density at radius 2 is 2.00 bits per heavy atom. The molecule has 1 unspecified atom stereocenters. The van der Waals surface area contributed by atoms with Gasteiger partial charge in [-0.15, -0.1) is 0 Å². The molecule has 0 N–H and O–H groups in total. The zero-order valence-electron chi connectivity index (χ0n) is 12.6. The molecule has 0 saturated carbocycles. The van der Waals surface area contributed by atoms with E-state index in [-0.39, 0.29) is 6.10 Å². The summed E-state index contributed by atoms with van der Waals surface area (Å²) in [5, 5.41) is 0. The molecule has 1 aromatic rings. The predicted octanol–water partition coefficient (Wildman–Crippen LogP) is 3.75. The van der Waals surface area contributed by atoms with Crippen molar-refractivity contribution in [1.29, 1.82) is 0 Å². The van der Waals surface area contributed by atoms with Crippen LogP contribution in [0.15, 0.2) is 24.3 Å². The molecule has 0 amide bonds. The maximum atomic E-state index is 5.66. The zero-order chi connectivity index (χ0) is 13.7. The lowest BCUT2D eigenvalue weighted by Gasteiger charge is -2.15. The number of hydrogen-bond donors (Lipinski definition) is 0. The van der Waals surface area contributed by atoms with Crippen molar-refractivity contribution in [1.82, 2.24) is 4.90 Å². The Bertz CT molecular complexity index is 371. The molecule has 1 heterocycles. The molecule has 0 aromatic heterocycles. The molecule has 0 radical (unpaired) electrons. The second-order valence-corrected chi connectivity index (χ2v) is 6.11. The largest absolute Gasteiger partial charge is 0.491 e. The molecule has 1 saturated heterocycles. The van der Waals surface area contributed by atoms with Crippen molar-refractivity contribution in [3.05, 3.63) is 29.8 Å². The second kappa shape index (κ2) is 6.95. The minimum Gasteiger partial charge on any atom is -0.491 e. The van der Waals surface area contributed by atoms with E-state index in [0.29, 0.717) is 0 Å². The fraction of sp³-hybridized carbons (Fsp3) is 0.647. The van der Waals surface area contributed by atoms with Crippen molar-refractivity contribution in [3.63, 3.8) is 0 Å². The topological polar surface area (TPSA) is 12.5 Å². The molecule has 106 valence electrons. The van der Waals surface area contributed by atoms with Crippen LogP contribution < -0.4 is 4.74 Å². The lowest BCUT2D eigenvalue weighted by molar-refractivity contribution is 0.242. The molecule has 0 spiro atoms. The first-order valence-electron chi connectivity index (χ1n) is 7.61. The summed E-state index contributed by atoms with van der Waals surface area (Å²) in [6.45, 7) is 10.3. The van der Waals surface area contributed by atoms with Crippen LogP contribution >= 0.6 is 0 Å². The molecule has 0 aliphatic carbocycles. The van der Waals surface area contributed by atoms with Crippen LogP contribution in [-0.4, -0.2) is 30.6 Å². The van der Waals surface area contributed by atoms with E-state index in [1.807, 2.05) is 0 Å². The van der Waals surface area contributed by atoms with E-state index >= 15 is 0 Å². The number of hydrogen-bond acceptors (Lipinski definition) is 2. The van der Waals surface area contributed by atoms with E-state index in [1.165, 1.54) is 44.5 Å². The number of benzene rings is 1. The van der Waals surface area contributed by atoms with Crippen molar-refractivity contribution >= 4 is 0 Å². The zero-order valence-corrected chi connectivity index (χ0v) is 12.6. The van der Waals surface area contributed by atoms with Gasteiger partial charge in [-0.05, 0) is 69.8 Å². The fourth-order valence-corrected chi connectivity index (χ4v) is 2.74. The minimum atomic E-state index is 0.253. The minimum absolute atomic E-state index is 0.253. The molecule has 2 rings (SSSR count). The molecule has 0 bridgehead atoms. The van der Waals surface area contributed by atoms with Crippen LogP contribution in [0.1, 0.15) is 39.2 Å². The van der Waals surface area contributed by atoms with Crippen LogP contribution in [0.5, 0.6) is 5.75 Å². The number of rotatable bonds is 6. The van der Waals surface area contributed by atoms with Gasteiger partial charge < -0.3 is 9.64 Å². The lowest BCUT2D eigenvalue weighted by Crippen LogP contribution is -2.21. The third-order valence-electron chi connectivity index (χ3n) is 3.74. The second-order valence-electron chi connectivity index (χ2n) is 6.11. The summed E-state index contributed by atoms with van der Waals surface area (Å²) in [6.07, 6.45) is 4.06. The van der Waals surface area contributed by atoms with E-state index in [9.17, 15) is 0 Å². The SMILES string of the molecule is CC1CCN(CCCc2ccc(OC(C)C)cc2)C1. The van der Waals surface area contributed by atoms with Gasteiger partial charge in [-0.3, -0.25) is 0 Å².